The van der Waals surface area contributed by atoms with E-state index in [0.717, 1.165) is 21.6 Å². The quantitative estimate of drug-likeness (QED) is 0.741. The standard InChI is InChI=1S/C18H18ClN3O3S/c1-11-15-8-16(17(23)20-9-14-10-24-6-7-25-14)26-18(15)22(21-11)13-4-2-12(19)3-5-13/h2-5,8,14H,6-7,9-10H2,1H3,(H,20,23). The first kappa shape index (κ1) is 17.5. The van der Waals surface area contributed by atoms with Crippen molar-refractivity contribution in [2.45, 2.75) is 13.0 Å². The van der Waals surface area contributed by atoms with E-state index in [1.54, 1.807) is 0 Å². The Kier molecular flexibility index (Phi) is 4.95. The topological polar surface area (TPSA) is 65.4 Å². The molecule has 1 amide bonds. The van der Waals surface area contributed by atoms with Crippen molar-refractivity contribution < 1.29 is 14.3 Å². The summed E-state index contributed by atoms with van der Waals surface area (Å²) in [5.41, 5.74) is 1.79. The zero-order valence-electron chi connectivity index (χ0n) is 14.2. The number of carbonyl (C=O) groups excluding carboxylic acids is 1. The van der Waals surface area contributed by atoms with E-state index in [0.29, 0.717) is 36.3 Å². The number of aryl methyl sites for hydroxylation is 1. The molecule has 0 saturated carbocycles. The number of nitrogens with zero attached hydrogens (tertiary/aromatic N) is 2. The van der Waals surface area contributed by atoms with Crippen LogP contribution in [0.3, 0.4) is 0 Å². The second kappa shape index (κ2) is 7.36. The van der Waals surface area contributed by atoms with Crippen LogP contribution in [0.5, 0.6) is 0 Å². The van der Waals surface area contributed by atoms with Crippen molar-refractivity contribution in [2.24, 2.45) is 0 Å². The van der Waals surface area contributed by atoms with Crippen molar-refractivity contribution in [3.05, 3.63) is 45.9 Å². The smallest absolute Gasteiger partial charge is 0.261 e. The SMILES string of the molecule is Cc1nn(-c2ccc(Cl)cc2)c2sc(C(=O)NCC3COCCO3)cc12. The predicted molar refractivity (Wildman–Crippen MR) is 102 cm³/mol. The number of rotatable bonds is 4. The molecule has 136 valence electrons. The van der Waals surface area contributed by atoms with Crippen molar-refractivity contribution in [3.63, 3.8) is 0 Å². The Labute approximate surface area is 159 Å². The fourth-order valence-corrected chi connectivity index (χ4v) is 4.09. The van der Waals surface area contributed by atoms with Crippen LogP contribution < -0.4 is 5.32 Å². The maximum absolute atomic E-state index is 12.5. The molecule has 6 nitrogen and oxygen atoms in total. The zero-order valence-corrected chi connectivity index (χ0v) is 15.8. The molecule has 3 aromatic rings. The van der Waals surface area contributed by atoms with Crippen LogP contribution in [-0.2, 0) is 9.47 Å². The fraction of sp³-hybridized carbons (Fsp3) is 0.333. The minimum absolute atomic E-state index is 0.0895. The zero-order chi connectivity index (χ0) is 18.1. The van der Waals surface area contributed by atoms with Crippen LogP contribution in [0.15, 0.2) is 30.3 Å². The lowest BCUT2D eigenvalue weighted by molar-refractivity contribution is -0.0855. The second-order valence-corrected chi connectivity index (χ2v) is 7.55. The molecule has 0 radical (unpaired) electrons. The van der Waals surface area contributed by atoms with Gasteiger partial charge in [-0.15, -0.1) is 11.3 Å². The van der Waals surface area contributed by atoms with E-state index >= 15 is 0 Å². The Balaban J connectivity index is 1.56. The minimum atomic E-state index is -0.109. The van der Waals surface area contributed by atoms with Crippen LogP contribution >= 0.6 is 22.9 Å². The summed E-state index contributed by atoms with van der Waals surface area (Å²) in [6.45, 7) is 4.07. The first-order valence-electron chi connectivity index (χ1n) is 8.34. The minimum Gasteiger partial charge on any atom is -0.376 e. The van der Waals surface area contributed by atoms with Gasteiger partial charge in [-0.2, -0.15) is 5.10 Å². The maximum atomic E-state index is 12.5. The van der Waals surface area contributed by atoms with Crippen molar-refractivity contribution in [3.8, 4) is 5.69 Å². The number of carbonyl (C=O) groups is 1. The van der Waals surface area contributed by atoms with Crippen LogP contribution in [0.4, 0.5) is 0 Å². The highest BCUT2D eigenvalue weighted by atomic mass is 35.5. The lowest BCUT2D eigenvalue weighted by atomic mass is 10.3. The summed E-state index contributed by atoms with van der Waals surface area (Å²) in [5.74, 6) is -0.109. The molecule has 1 aliphatic heterocycles. The Bertz CT molecular complexity index is 929. The number of hydrogen-bond acceptors (Lipinski definition) is 5. The monoisotopic (exact) mass is 391 g/mol. The molecule has 0 aliphatic carbocycles. The first-order chi connectivity index (χ1) is 12.6. The molecule has 1 saturated heterocycles. The number of fused-ring (bicyclic) bond motifs is 1. The molecule has 1 fully saturated rings. The number of thiophene rings is 1. The summed E-state index contributed by atoms with van der Waals surface area (Å²) in [6.07, 6.45) is -0.0895. The van der Waals surface area contributed by atoms with Gasteiger partial charge in [-0.25, -0.2) is 4.68 Å². The average Bonchev–Trinajstić information content (AvgIpc) is 3.22. The Morgan fingerprint density at radius 1 is 1.38 bits per heavy atom. The molecule has 1 aliphatic rings. The van der Waals surface area contributed by atoms with Gasteiger partial charge in [-0.3, -0.25) is 4.79 Å². The van der Waals surface area contributed by atoms with Gasteiger partial charge in [0.25, 0.3) is 5.91 Å². The lowest BCUT2D eigenvalue weighted by Gasteiger charge is -2.22. The number of hydrogen-bond donors (Lipinski definition) is 1. The van der Waals surface area contributed by atoms with Crippen LogP contribution in [0.2, 0.25) is 5.02 Å². The molecule has 1 aromatic carbocycles. The second-order valence-electron chi connectivity index (χ2n) is 6.08. The van der Waals surface area contributed by atoms with Crippen LogP contribution in [0.25, 0.3) is 15.9 Å². The van der Waals surface area contributed by atoms with Gasteiger partial charge in [-0.1, -0.05) is 11.6 Å². The van der Waals surface area contributed by atoms with Gasteiger partial charge in [0.1, 0.15) is 4.83 Å². The summed E-state index contributed by atoms with van der Waals surface area (Å²) in [5, 5.41) is 9.16. The molecular formula is C18H18ClN3O3S. The third-order valence-corrected chi connectivity index (χ3v) is 5.58. The molecule has 4 rings (SSSR count). The van der Waals surface area contributed by atoms with Gasteiger partial charge in [0.2, 0.25) is 0 Å². The van der Waals surface area contributed by atoms with E-state index in [1.165, 1.54) is 11.3 Å². The van der Waals surface area contributed by atoms with E-state index in [4.69, 9.17) is 21.1 Å². The van der Waals surface area contributed by atoms with Gasteiger partial charge in [0.15, 0.2) is 0 Å². The highest BCUT2D eigenvalue weighted by molar-refractivity contribution is 7.20. The molecule has 1 N–H and O–H groups in total. The number of aromatic nitrogens is 2. The van der Waals surface area contributed by atoms with E-state index in [9.17, 15) is 4.79 Å². The summed E-state index contributed by atoms with van der Waals surface area (Å²) in [6, 6.07) is 9.37. The van der Waals surface area contributed by atoms with E-state index < -0.39 is 0 Å². The lowest BCUT2D eigenvalue weighted by Crippen LogP contribution is -2.39. The van der Waals surface area contributed by atoms with Gasteiger partial charge < -0.3 is 14.8 Å². The predicted octanol–water partition coefficient (Wildman–Crippen LogP) is 3.19. The third-order valence-electron chi connectivity index (χ3n) is 4.21. The van der Waals surface area contributed by atoms with Crippen molar-refractivity contribution in [1.29, 1.82) is 0 Å². The summed E-state index contributed by atoms with van der Waals surface area (Å²) >= 11 is 7.39. The average molecular weight is 392 g/mol. The van der Waals surface area contributed by atoms with E-state index in [2.05, 4.69) is 10.4 Å². The van der Waals surface area contributed by atoms with Crippen LogP contribution in [0, 0.1) is 6.92 Å². The maximum Gasteiger partial charge on any atom is 0.261 e. The van der Waals surface area contributed by atoms with Crippen molar-refractivity contribution in [1.82, 2.24) is 15.1 Å². The normalized spacial score (nSPS) is 17.5. The largest absolute Gasteiger partial charge is 0.376 e. The highest BCUT2D eigenvalue weighted by Crippen LogP contribution is 2.30. The van der Waals surface area contributed by atoms with Crippen molar-refractivity contribution >= 4 is 39.1 Å². The molecule has 2 aromatic heterocycles. The molecule has 26 heavy (non-hydrogen) atoms. The summed E-state index contributed by atoms with van der Waals surface area (Å²) < 4.78 is 12.8. The Morgan fingerprint density at radius 3 is 2.92 bits per heavy atom. The number of benzene rings is 1. The van der Waals surface area contributed by atoms with Gasteiger partial charge in [0, 0.05) is 17.0 Å². The molecular weight excluding hydrogens is 374 g/mol. The summed E-state index contributed by atoms with van der Waals surface area (Å²) in [4.78, 5) is 14.1. The molecule has 1 atom stereocenters. The number of amides is 1. The number of nitrogens with one attached hydrogen (secondary N) is 1. The molecule has 0 spiro atoms. The molecule has 3 heterocycles. The number of halogens is 1. The van der Waals surface area contributed by atoms with Crippen molar-refractivity contribution in [2.75, 3.05) is 26.4 Å². The van der Waals surface area contributed by atoms with E-state index in [-0.39, 0.29) is 12.0 Å². The molecule has 1 unspecified atom stereocenters. The summed E-state index contributed by atoms with van der Waals surface area (Å²) in [7, 11) is 0. The number of ether oxygens (including phenoxy) is 2. The molecule has 0 bridgehead atoms. The third kappa shape index (κ3) is 3.48. The Hall–Kier alpha value is -1.93. The Morgan fingerprint density at radius 2 is 2.19 bits per heavy atom. The van der Waals surface area contributed by atoms with Crippen LogP contribution in [-0.4, -0.2) is 48.2 Å². The van der Waals surface area contributed by atoms with E-state index in [1.807, 2.05) is 41.9 Å². The fourth-order valence-electron chi connectivity index (χ4n) is 2.86. The van der Waals surface area contributed by atoms with Gasteiger partial charge in [-0.05, 0) is 37.3 Å². The highest BCUT2D eigenvalue weighted by Gasteiger charge is 2.19. The molecule has 8 heteroatoms. The van der Waals surface area contributed by atoms with Gasteiger partial charge in [0.05, 0.1) is 42.2 Å². The van der Waals surface area contributed by atoms with Gasteiger partial charge >= 0.3 is 0 Å². The first-order valence-corrected chi connectivity index (χ1v) is 9.54. The van der Waals surface area contributed by atoms with Crippen LogP contribution in [0.1, 0.15) is 15.4 Å².